The number of halogens is 2. The average Bonchev–Trinajstić information content (AvgIpc) is 2.74. The average molecular weight is 337 g/mol. The molecule has 0 bridgehead atoms. The molecule has 0 aliphatic carbocycles. The Kier molecular flexibility index (Phi) is 3.55. The molecule has 0 fully saturated rings. The SMILES string of the molecule is CC1Cc2ccccc2N1c1cccc(Cl)c1CBr. The summed E-state index contributed by atoms with van der Waals surface area (Å²) in [5.41, 5.74) is 5.09. The molecular weight excluding hydrogens is 322 g/mol. The Morgan fingerprint density at radius 2 is 1.89 bits per heavy atom. The molecule has 0 N–H and O–H groups in total. The van der Waals surface area contributed by atoms with Crippen molar-refractivity contribution in [1.29, 1.82) is 0 Å². The second kappa shape index (κ2) is 5.18. The van der Waals surface area contributed by atoms with Crippen LogP contribution in [-0.2, 0) is 11.8 Å². The molecule has 2 aromatic rings. The third-order valence-electron chi connectivity index (χ3n) is 3.69. The molecule has 1 aliphatic heterocycles. The predicted octanol–water partition coefficient (Wildman–Crippen LogP) is 5.32. The van der Waals surface area contributed by atoms with Crippen LogP contribution in [0.25, 0.3) is 0 Å². The van der Waals surface area contributed by atoms with E-state index in [2.05, 4.69) is 58.1 Å². The highest BCUT2D eigenvalue weighted by atomic mass is 79.9. The summed E-state index contributed by atoms with van der Waals surface area (Å²) < 4.78 is 0. The first-order valence-electron chi connectivity index (χ1n) is 6.43. The van der Waals surface area contributed by atoms with Crippen LogP contribution in [0.5, 0.6) is 0 Å². The monoisotopic (exact) mass is 335 g/mol. The Bertz CT molecular complexity index is 611. The van der Waals surface area contributed by atoms with Crippen LogP contribution < -0.4 is 4.90 Å². The molecule has 0 amide bonds. The summed E-state index contributed by atoms with van der Waals surface area (Å²) in [6.07, 6.45) is 1.09. The van der Waals surface area contributed by atoms with Gasteiger partial charge in [0.2, 0.25) is 0 Å². The van der Waals surface area contributed by atoms with Gasteiger partial charge >= 0.3 is 0 Å². The van der Waals surface area contributed by atoms with Crippen molar-refractivity contribution < 1.29 is 0 Å². The van der Waals surface area contributed by atoms with E-state index in [-0.39, 0.29) is 0 Å². The lowest BCUT2D eigenvalue weighted by Crippen LogP contribution is -2.24. The van der Waals surface area contributed by atoms with Crippen molar-refractivity contribution in [3.05, 3.63) is 58.6 Å². The van der Waals surface area contributed by atoms with Gasteiger partial charge in [-0.1, -0.05) is 51.8 Å². The van der Waals surface area contributed by atoms with Gasteiger partial charge < -0.3 is 4.90 Å². The minimum atomic E-state index is 0.466. The lowest BCUT2D eigenvalue weighted by atomic mass is 10.1. The van der Waals surface area contributed by atoms with E-state index in [1.807, 2.05) is 12.1 Å². The summed E-state index contributed by atoms with van der Waals surface area (Å²) in [5, 5.41) is 1.60. The summed E-state index contributed by atoms with van der Waals surface area (Å²) in [6, 6.07) is 15.2. The fourth-order valence-corrected chi connectivity index (χ4v) is 3.82. The second-order valence-corrected chi connectivity index (χ2v) is 5.89. The molecular formula is C16H15BrClN. The van der Waals surface area contributed by atoms with Crippen LogP contribution in [0.3, 0.4) is 0 Å². The number of para-hydroxylation sites is 1. The zero-order valence-corrected chi connectivity index (χ0v) is 13.1. The van der Waals surface area contributed by atoms with Crippen LogP contribution in [0.2, 0.25) is 5.02 Å². The number of fused-ring (bicyclic) bond motifs is 1. The van der Waals surface area contributed by atoms with Crippen molar-refractivity contribution in [3.8, 4) is 0 Å². The topological polar surface area (TPSA) is 3.24 Å². The Hall–Kier alpha value is -0.990. The van der Waals surface area contributed by atoms with Gasteiger partial charge in [0.15, 0.2) is 0 Å². The smallest absolute Gasteiger partial charge is 0.0469 e. The van der Waals surface area contributed by atoms with Crippen LogP contribution in [0.1, 0.15) is 18.1 Å². The maximum atomic E-state index is 6.33. The van der Waals surface area contributed by atoms with Crippen LogP contribution in [0, 0.1) is 0 Å². The molecule has 0 saturated heterocycles. The van der Waals surface area contributed by atoms with Gasteiger partial charge in [0.1, 0.15) is 0 Å². The van der Waals surface area contributed by atoms with E-state index in [1.54, 1.807) is 0 Å². The zero-order valence-electron chi connectivity index (χ0n) is 10.7. The molecule has 3 heteroatoms. The third kappa shape index (κ3) is 2.17. The summed E-state index contributed by atoms with van der Waals surface area (Å²) >= 11 is 9.88. The molecule has 98 valence electrons. The van der Waals surface area contributed by atoms with Crippen LogP contribution in [-0.4, -0.2) is 6.04 Å². The van der Waals surface area contributed by atoms with Crippen molar-refractivity contribution in [2.24, 2.45) is 0 Å². The standard InChI is InChI=1S/C16H15BrClN/c1-11-9-12-5-2-3-7-15(12)19(11)16-8-4-6-14(18)13(16)10-17/h2-8,11H,9-10H2,1H3. The highest BCUT2D eigenvalue weighted by molar-refractivity contribution is 9.08. The third-order valence-corrected chi connectivity index (χ3v) is 4.61. The maximum Gasteiger partial charge on any atom is 0.0469 e. The first-order valence-corrected chi connectivity index (χ1v) is 7.93. The fraction of sp³-hybridized carbons (Fsp3) is 0.250. The van der Waals surface area contributed by atoms with Gasteiger partial charge in [-0.2, -0.15) is 0 Å². The van der Waals surface area contributed by atoms with Gasteiger partial charge in [0.25, 0.3) is 0 Å². The molecule has 2 aromatic carbocycles. The molecule has 1 heterocycles. The number of hydrogen-bond donors (Lipinski definition) is 0. The van der Waals surface area contributed by atoms with Crippen molar-refractivity contribution in [1.82, 2.24) is 0 Å². The van der Waals surface area contributed by atoms with Gasteiger partial charge in [0.05, 0.1) is 0 Å². The molecule has 3 rings (SSSR count). The van der Waals surface area contributed by atoms with E-state index in [0.717, 1.165) is 22.3 Å². The Morgan fingerprint density at radius 3 is 2.68 bits per heavy atom. The lowest BCUT2D eigenvalue weighted by Gasteiger charge is -2.27. The van der Waals surface area contributed by atoms with Gasteiger partial charge in [-0.25, -0.2) is 0 Å². The molecule has 19 heavy (non-hydrogen) atoms. The molecule has 0 aromatic heterocycles. The number of benzene rings is 2. The quantitative estimate of drug-likeness (QED) is 0.671. The Balaban J connectivity index is 2.15. The number of hydrogen-bond acceptors (Lipinski definition) is 1. The number of anilines is 2. The van der Waals surface area contributed by atoms with Gasteiger partial charge in [0, 0.05) is 33.3 Å². The highest BCUT2D eigenvalue weighted by Gasteiger charge is 2.28. The number of alkyl halides is 1. The minimum Gasteiger partial charge on any atom is -0.338 e. The Labute approximate surface area is 127 Å². The zero-order chi connectivity index (χ0) is 13.4. The van der Waals surface area contributed by atoms with Crippen LogP contribution in [0.15, 0.2) is 42.5 Å². The van der Waals surface area contributed by atoms with Crippen LogP contribution >= 0.6 is 27.5 Å². The van der Waals surface area contributed by atoms with E-state index in [4.69, 9.17) is 11.6 Å². The maximum absolute atomic E-state index is 6.33. The molecule has 0 spiro atoms. The minimum absolute atomic E-state index is 0.466. The summed E-state index contributed by atoms with van der Waals surface area (Å²) in [7, 11) is 0. The van der Waals surface area contributed by atoms with E-state index in [9.17, 15) is 0 Å². The van der Waals surface area contributed by atoms with E-state index < -0.39 is 0 Å². The van der Waals surface area contributed by atoms with E-state index in [0.29, 0.717) is 6.04 Å². The number of rotatable bonds is 2. The first-order chi connectivity index (χ1) is 9.22. The molecule has 1 nitrogen and oxygen atoms in total. The van der Waals surface area contributed by atoms with Crippen molar-refractivity contribution in [2.45, 2.75) is 24.7 Å². The largest absolute Gasteiger partial charge is 0.338 e. The number of nitrogens with zero attached hydrogens (tertiary/aromatic N) is 1. The van der Waals surface area contributed by atoms with Crippen LogP contribution in [0.4, 0.5) is 11.4 Å². The fourth-order valence-electron chi connectivity index (χ4n) is 2.84. The normalized spacial score (nSPS) is 17.6. The van der Waals surface area contributed by atoms with Gasteiger partial charge in [-0.05, 0) is 37.1 Å². The molecule has 1 unspecified atom stereocenters. The Morgan fingerprint density at radius 1 is 1.16 bits per heavy atom. The summed E-state index contributed by atoms with van der Waals surface area (Å²) in [4.78, 5) is 2.40. The highest BCUT2D eigenvalue weighted by Crippen LogP contribution is 2.41. The van der Waals surface area contributed by atoms with Crippen molar-refractivity contribution in [3.63, 3.8) is 0 Å². The van der Waals surface area contributed by atoms with E-state index >= 15 is 0 Å². The second-order valence-electron chi connectivity index (χ2n) is 4.92. The molecule has 0 radical (unpaired) electrons. The molecule has 0 saturated carbocycles. The lowest BCUT2D eigenvalue weighted by molar-refractivity contribution is 0.757. The predicted molar refractivity (Wildman–Crippen MR) is 85.8 cm³/mol. The van der Waals surface area contributed by atoms with Gasteiger partial charge in [-0.15, -0.1) is 0 Å². The molecule has 1 atom stereocenters. The molecule has 1 aliphatic rings. The van der Waals surface area contributed by atoms with E-state index in [1.165, 1.54) is 16.9 Å². The van der Waals surface area contributed by atoms with Crippen molar-refractivity contribution >= 4 is 38.9 Å². The summed E-state index contributed by atoms with van der Waals surface area (Å²) in [5.74, 6) is 0. The summed E-state index contributed by atoms with van der Waals surface area (Å²) in [6.45, 7) is 2.26. The van der Waals surface area contributed by atoms with Crippen molar-refractivity contribution in [2.75, 3.05) is 4.90 Å². The first kappa shape index (κ1) is 13.0. The van der Waals surface area contributed by atoms with Gasteiger partial charge in [-0.3, -0.25) is 0 Å².